The number of benzene rings is 1. The Morgan fingerprint density at radius 1 is 1.16 bits per heavy atom. The van der Waals surface area contributed by atoms with Crippen LogP contribution in [-0.2, 0) is 0 Å². The maximum Gasteiger partial charge on any atom is 0.253 e. The monoisotopic (exact) mass is 421 g/mol. The average molecular weight is 422 g/mol. The average Bonchev–Trinajstić information content (AvgIpc) is 2.82. The molecule has 0 bridgehead atoms. The minimum atomic E-state index is -0.269. The number of nitrogens with one attached hydrogen (secondary N) is 1. The molecule has 162 valence electrons. The van der Waals surface area contributed by atoms with Gasteiger partial charge in [-0.2, -0.15) is 0 Å². The van der Waals surface area contributed by atoms with Crippen LogP contribution >= 0.6 is 0 Å². The van der Waals surface area contributed by atoms with Crippen molar-refractivity contribution in [2.45, 2.75) is 51.0 Å². The zero-order chi connectivity index (χ0) is 21.8. The van der Waals surface area contributed by atoms with Gasteiger partial charge in [-0.3, -0.25) is 9.78 Å². The van der Waals surface area contributed by atoms with Crippen molar-refractivity contribution < 1.29 is 13.9 Å². The molecule has 3 aromatic rings. The minimum absolute atomic E-state index is 0.0975. The molecule has 4 rings (SSSR count). The molecule has 1 amide bonds. The number of halogens is 1. The van der Waals surface area contributed by atoms with E-state index >= 15 is 0 Å². The van der Waals surface area contributed by atoms with E-state index in [2.05, 4.69) is 22.2 Å². The summed E-state index contributed by atoms with van der Waals surface area (Å²) in [5.41, 5.74) is 2.18. The molecule has 1 N–H and O–H groups in total. The van der Waals surface area contributed by atoms with Crippen molar-refractivity contribution in [3.8, 4) is 5.88 Å². The Hall–Kier alpha value is -3.02. The summed E-state index contributed by atoms with van der Waals surface area (Å²) < 4.78 is 19.2. The lowest BCUT2D eigenvalue weighted by atomic mass is 9.75. The summed E-state index contributed by atoms with van der Waals surface area (Å²) >= 11 is 0. The topological polar surface area (TPSA) is 64.1 Å². The van der Waals surface area contributed by atoms with Crippen LogP contribution in [0.5, 0.6) is 5.88 Å². The van der Waals surface area contributed by atoms with Gasteiger partial charge in [0, 0.05) is 29.9 Å². The molecule has 31 heavy (non-hydrogen) atoms. The lowest BCUT2D eigenvalue weighted by Crippen LogP contribution is -2.41. The first-order valence-corrected chi connectivity index (χ1v) is 10.9. The first kappa shape index (κ1) is 21.2. The molecule has 1 aromatic carbocycles. The number of para-hydroxylation sites is 1. The van der Waals surface area contributed by atoms with Gasteiger partial charge in [-0.15, -0.1) is 0 Å². The molecule has 2 heterocycles. The molecule has 1 aliphatic rings. The highest BCUT2D eigenvalue weighted by atomic mass is 19.1. The van der Waals surface area contributed by atoms with E-state index in [0.29, 0.717) is 28.8 Å². The van der Waals surface area contributed by atoms with Crippen molar-refractivity contribution in [2.24, 2.45) is 5.92 Å². The van der Waals surface area contributed by atoms with E-state index in [9.17, 15) is 9.18 Å². The van der Waals surface area contributed by atoms with Crippen LogP contribution in [0, 0.1) is 11.7 Å². The number of hydrogen-bond donors (Lipinski definition) is 1. The number of rotatable bonds is 6. The van der Waals surface area contributed by atoms with Crippen LogP contribution in [0.15, 0.2) is 48.8 Å². The molecule has 1 aliphatic carbocycles. The summed E-state index contributed by atoms with van der Waals surface area (Å²) in [6.07, 6.45) is 8.25. The molecule has 5 nitrogen and oxygen atoms in total. The predicted molar refractivity (Wildman–Crippen MR) is 119 cm³/mol. The second-order valence-electron chi connectivity index (χ2n) is 8.23. The molecule has 0 unspecified atom stereocenters. The van der Waals surface area contributed by atoms with Gasteiger partial charge in [-0.05, 0) is 67.7 Å². The maximum atomic E-state index is 14.1. The molecule has 6 heteroatoms. The molecular weight excluding hydrogens is 393 g/mol. The summed E-state index contributed by atoms with van der Waals surface area (Å²) in [7, 11) is 1.55. The largest absolute Gasteiger partial charge is 0.481 e. The molecule has 1 atom stereocenters. The van der Waals surface area contributed by atoms with Crippen LogP contribution in [0.1, 0.15) is 60.9 Å². The molecule has 2 aromatic heterocycles. The van der Waals surface area contributed by atoms with Crippen LogP contribution in [0.25, 0.3) is 10.9 Å². The van der Waals surface area contributed by atoms with Gasteiger partial charge in [0.1, 0.15) is 11.3 Å². The SMILES string of the molecule is CC[C@@H](NC(=O)c1ccc(OC)nc1)C1CCC(c2ccnc3c(F)cccc23)CC1. The first-order chi connectivity index (χ1) is 15.1. The number of nitrogens with zero attached hydrogens (tertiary/aromatic N) is 2. The van der Waals surface area contributed by atoms with Gasteiger partial charge in [0.05, 0.1) is 12.7 Å². The Morgan fingerprint density at radius 3 is 2.65 bits per heavy atom. The Balaban J connectivity index is 1.41. The number of carbonyl (C=O) groups excluding carboxylic acids is 1. The highest BCUT2D eigenvalue weighted by Gasteiger charge is 2.29. The van der Waals surface area contributed by atoms with Crippen LogP contribution < -0.4 is 10.1 Å². The van der Waals surface area contributed by atoms with E-state index in [0.717, 1.165) is 37.5 Å². The maximum absolute atomic E-state index is 14.1. The van der Waals surface area contributed by atoms with Gasteiger partial charge in [-0.1, -0.05) is 19.1 Å². The zero-order valence-corrected chi connectivity index (χ0v) is 18.0. The van der Waals surface area contributed by atoms with E-state index in [1.807, 2.05) is 12.1 Å². The van der Waals surface area contributed by atoms with Crippen LogP contribution in [0.4, 0.5) is 4.39 Å². The van der Waals surface area contributed by atoms with Gasteiger partial charge in [0.2, 0.25) is 5.88 Å². The van der Waals surface area contributed by atoms with Crippen LogP contribution in [0.2, 0.25) is 0 Å². The molecule has 1 saturated carbocycles. The summed E-state index contributed by atoms with van der Waals surface area (Å²) in [6.45, 7) is 2.11. The molecule has 0 spiro atoms. The molecule has 0 saturated heterocycles. The van der Waals surface area contributed by atoms with Crippen molar-refractivity contribution in [1.82, 2.24) is 15.3 Å². The number of amides is 1. The van der Waals surface area contributed by atoms with Gasteiger partial charge in [0.25, 0.3) is 5.91 Å². The fourth-order valence-corrected chi connectivity index (χ4v) is 4.79. The summed E-state index contributed by atoms with van der Waals surface area (Å²) in [5, 5.41) is 4.12. The van der Waals surface area contributed by atoms with Crippen molar-refractivity contribution >= 4 is 16.8 Å². The lowest BCUT2D eigenvalue weighted by molar-refractivity contribution is 0.0909. The van der Waals surface area contributed by atoms with Crippen molar-refractivity contribution in [3.05, 3.63) is 65.7 Å². The number of aromatic nitrogens is 2. The van der Waals surface area contributed by atoms with Gasteiger partial charge < -0.3 is 10.1 Å². The summed E-state index contributed by atoms with van der Waals surface area (Å²) in [5.74, 6) is 0.948. The molecular formula is C25H28FN3O2. The third-order valence-electron chi connectivity index (χ3n) is 6.50. The smallest absolute Gasteiger partial charge is 0.253 e. The number of methoxy groups -OCH3 is 1. The first-order valence-electron chi connectivity index (χ1n) is 10.9. The Bertz CT molecular complexity index is 1050. The second kappa shape index (κ2) is 9.41. The van der Waals surface area contributed by atoms with Gasteiger partial charge >= 0.3 is 0 Å². The van der Waals surface area contributed by atoms with E-state index in [-0.39, 0.29) is 17.8 Å². The van der Waals surface area contributed by atoms with Crippen molar-refractivity contribution in [3.63, 3.8) is 0 Å². The number of hydrogen-bond acceptors (Lipinski definition) is 4. The predicted octanol–water partition coefficient (Wildman–Crippen LogP) is 5.26. The Morgan fingerprint density at radius 2 is 1.97 bits per heavy atom. The van der Waals surface area contributed by atoms with Gasteiger partial charge in [-0.25, -0.2) is 9.37 Å². The highest BCUT2D eigenvalue weighted by molar-refractivity contribution is 5.94. The number of fused-ring (bicyclic) bond motifs is 1. The molecule has 0 radical (unpaired) electrons. The number of pyridine rings is 2. The quantitative estimate of drug-likeness (QED) is 0.590. The second-order valence-corrected chi connectivity index (χ2v) is 8.23. The highest BCUT2D eigenvalue weighted by Crippen LogP contribution is 2.40. The Labute approximate surface area is 182 Å². The van der Waals surface area contributed by atoms with Gasteiger partial charge in [0.15, 0.2) is 0 Å². The molecule has 0 aliphatic heterocycles. The summed E-state index contributed by atoms with van der Waals surface area (Å²) in [6, 6.07) is 10.8. The zero-order valence-electron chi connectivity index (χ0n) is 18.0. The van der Waals surface area contributed by atoms with E-state index < -0.39 is 0 Å². The lowest BCUT2D eigenvalue weighted by Gasteiger charge is -2.34. The van der Waals surface area contributed by atoms with Crippen molar-refractivity contribution in [1.29, 1.82) is 0 Å². The summed E-state index contributed by atoms with van der Waals surface area (Å²) in [4.78, 5) is 21.0. The number of ether oxygens (including phenoxy) is 1. The number of carbonyl (C=O) groups is 1. The third kappa shape index (κ3) is 4.53. The van der Waals surface area contributed by atoms with Crippen molar-refractivity contribution in [2.75, 3.05) is 7.11 Å². The van der Waals surface area contributed by atoms with E-state index in [4.69, 9.17) is 4.74 Å². The van der Waals surface area contributed by atoms with E-state index in [1.165, 1.54) is 11.6 Å². The normalized spacial score (nSPS) is 19.7. The Kier molecular flexibility index (Phi) is 6.44. The van der Waals surface area contributed by atoms with Crippen LogP contribution in [-0.4, -0.2) is 29.0 Å². The minimum Gasteiger partial charge on any atom is -0.481 e. The van der Waals surface area contributed by atoms with Crippen LogP contribution in [0.3, 0.4) is 0 Å². The van der Waals surface area contributed by atoms with E-state index in [1.54, 1.807) is 37.7 Å². The standard InChI is InChI=1S/C25H28FN3O2/c1-3-22(29-25(30)18-11-12-23(31-2)28-15-18)17-9-7-16(8-10-17)19-13-14-27-24-20(19)5-4-6-21(24)26/h4-6,11-17,22H,3,7-10H2,1-2H3,(H,29,30)/t16?,17?,22-/m1/s1. The fourth-order valence-electron chi connectivity index (χ4n) is 4.79. The fraction of sp³-hybridized carbons (Fsp3) is 0.400. The molecule has 1 fully saturated rings. The third-order valence-corrected chi connectivity index (χ3v) is 6.50.